The van der Waals surface area contributed by atoms with E-state index in [2.05, 4.69) is 4.90 Å². The summed E-state index contributed by atoms with van der Waals surface area (Å²) in [6, 6.07) is 9.43. The minimum Gasteiger partial charge on any atom is -0.481 e. The largest absolute Gasteiger partial charge is 0.481 e. The summed E-state index contributed by atoms with van der Waals surface area (Å²) in [5.74, 6) is -1.73. The van der Waals surface area contributed by atoms with Gasteiger partial charge in [0.1, 0.15) is 0 Å². The van der Waals surface area contributed by atoms with E-state index >= 15 is 0 Å². The standard InChI is InChI=1S/C18H26N2O4/c1-19(7-8-20-9-11-24-12-10-20)17(21)14-16(18(22)23)13-15-5-3-2-4-6-15/h2-6,16H,7-14H2,1H3,(H,22,23)/t16-/m0/s1. The molecule has 132 valence electrons. The summed E-state index contributed by atoms with van der Waals surface area (Å²) in [7, 11) is 1.74. The third-order valence-electron chi connectivity index (χ3n) is 4.38. The molecule has 6 heteroatoms. The first kappa shape index (κ1) is 18.4. The van der Waals surface area contributed by atoms with Gasteiger partial charge >= 0.3 is 5.97 Å². The molecule has 1 atom stereocenters. The van der Waals surface area contributed by atoms with Crippen molar-refractivity contribution in [2.75, 3.05) is 46.4 Å². The molecule has 1 saturated heterocycles. The highest BCUT2D eigenvalue weighted by Crippen LogP contribution is 2.14. The number of ether oxygens (including phenoxy) is 1. The Bertz CT molecular complexity index is 529. The highest BCUT2D eigenvalue weighted by Gasteiger charge is 2.23. The third kappa shape index (κ3) is 5.94. The predicted octanol–water partition coefficient (Wildman–Crippen LogP) is 1.11. The summed E-state index contributed by atoms with van der Waals surface area (Å²) in [6.45, 7) is 4.63. The zero-order chi connectivity index (χ0) is 17.4. The molecule has 2 rings (SSSR count). The number of amides is 1. The van der Waals surface area contributed by atoms with Crippen molar-refractivity contribution in [2.24, 2.45) is 5.92 Å². The molecule has 1 amide bonds. The molecule has 1 aromatic rings. The highest BCUT2D eigenvalue weighted by molar-refractivity contribution is 5.82. The molecule has 0 saturated carbocycles. The third-order valence-corrected chi connectivity index (χ3v) is 4.38. The Hall–Kier alpha value is -1.92. The molecular weight excluding hydrogens is 308 g/mol. The summed E-state index contributed by atoms with van der Waals surface area (Å²) >= 11 is 0. The van der Waals surface area contributed by atoms with Crippen LogP contribution in [-0.4, -0.2) is 73.2 Å². The molecule has 1 N–H and O–H groups in total. The number of carboxylic acid groups (broad SMARTS) is 1. The van der Waals surface area contributed by atoms with E-state index in [4.69, 9.17) is 4.74 Å². The van der Waals surface area contributed by atoms with Gasteiger partial charge in [-0.25, -0.2) is 0 Å². The minimum absolute atomic E-state index is 0.0316. The zero-order valence-corrected chi connectivity index (χ0v) is 14.2. The van der Waals surface area contributed by atoms with Crippen molar-refractivity contribution in [1.82, 2.24) is 9.80 Å². The Balaban J connectivity index is 1.81. The maximum absolute atomic E-state index is 12.3. The van der Waals surface area contributed by atoms with Crippen LogP contribution in [0.4, 0.5) is 0 Å². The van der Waals surface area contributed by atoms with Crippen LogP contribution in [0.1, 0.15) is 12.0 Å². The van der Waals surface area contributed by atoms with Crippen molar-refractivity contribution < 1.29 is 19.4 Å². The maximum Gasteiger partial charge on any atom is 0.307 e. The molecule has 0 spiro atoms. The van der Waals surface area contributed by atoms with Gasteiger partial charge in [0.15, 0.2) is 0 Å². The molecule has 1 heterocycles. The molecule has 24 heavy (non-hydrogen) atoms. The number of carboxylic acids is 1. The van der Waals surface area contributed by atoms with Gasteiger partial charge in [0.25, 0.3) is 0 Å². The summed E-state index contributed by atoms with van der Waals surface area (Å²) in [6.07, 6.45) is 0.406. The van der Waals surface area contributed by atoms with Gasteiger partial charge in [-0.2, -0.15) is 0 Å². The SMILES string of the molecule is CN(CCN1CCOCC1)C(=O)C[C@H](Cc1ccccc1)C(=O)O. The number of carbonyl (C=O) groups is 2. The van der Waals surface area contributed by atoms with Crippen molar-refractivity contribution in [3.8, 4) is 0 Å². The Labute approximate surface area is 143 Å². The van der Waals surface area contributed by atoms with Crippen molar-refractivity contribution >= 4 is 11.9 Å². The van der Waals surface area contributed by atoms with Crippen LogP contribution in [0.15, 0.2) is 30.3 Å². The number of rotatable bonds is 8. The van der Waals surface area contributed by atoms with Crippen LogP contribution >= 0.6 is 0 Å². The van der Waals surface area contributed by atoms with Crippen LogP contribution < -0.4 is 0 Å². The molecule has 0 bridgehead atoms. The number of nitrogens with zero attached hydrogens (tertiary/aromatic N) is 2. The Morgan fingerprint density at radius 2 is 1.92 bits per heavy atom. The Kier molecular flexibility index (Phi) is 7.21. The zero-order valence-electron chi connectivity index (χ0n) is 14.2. The van der Waals surface area contributed by atoms with Gasteiger partial charge < -0.3 is 14.7 Å². The molecule has 1 aliphatic rings. The topological polar surface area (TPSA) is 70.1 Å². The number of morpholine rings is 1. The molecule has 1 fully saturated rings. The van der Waals surface area contributed by atoms with E-state index in [9.17, 15) is 14.7 Å². The van der Waals surface area contributed by atoms with E-state index in [0.29, 0.717) is 13.0 Å². The van der Waals surface area contributed by atoms with Crippen molar-refractivity contribution in [1.29, 1.82) is 0 Å². The average molecular weight is 334 g/mol. The van der Waals surface area contributed by atoms with Gasteiger partial charge in [-0.05, 0) is 12.0 Å². The quantitative estimate of drug-likeness (QED) is 0.771. The Morgan fingerprint density at radius 1 is 1.25 bits per heavy atom. The number of hydrogen-bond acceptors (Lipinski definition) is 4. The van der Waals surface area contributed by atoms with Crippen LogP contribution in [0.5, 0.6) is 0 Å². The van der Waals surface area contributed by atoms with Gasteiger partial charge in [-0.1, -0.05) is 30.3 Å². The van der Waals surface area contributed by atoms with Crippen molar-refractivity contribution in [2.45, 2.75) is 12.8 Å². The first-order valence-electron chi connectivity index (χ1n) is 8.37. The van der Waals surface area contributed by atoms with E-state index in [1.54, 1.807) is 11.9 Å². The monoisotopic (exact) mass is 334 g/mol. The molecule has 0 unspecified atom stereocenters. The molecular formula is C18H26N2O4. The minimum atomic E-state index is -0.922. The molecule has 0 aromatic heterocycles. The number of aliphatic carboxylic acids is 1. The number of hydrogen-bond donors (Lipinski definition) is 1. The van der Waals surface area contributed by atoms with Crippen molar-refractivity contribution in [3.63, 3.8) is 0 Å². The second-order valence-electron chi connectivity index (χ2n) is 6.20. The molecule has 1 aromatic carbocycles. The van der Waals surface area contributed by atoms with E-state index in [-0.39, 0.29) is 12.3 Å². The summed E-state index contributed by atoms with van der Waals surface area (Å²) in [4.78, 5) is 27.7. The van der Waals surface area contributed by atoms with Gasteiger partial charge in [-0.3, -0.25) is 14.5 Å². The van der Waals surface area contributed by atoms with Gasteiger partial charge in [0.05, 0.1) is 19.1 Å². The predicted molar refractivity (Wildman–Crippen MR) is 90.8 cm³/mol. The first-order valence-corrected chi connectivity index (χ1v) is 8.37. The normalized spacial score (nSPS) is 16.5. The second-order valence-corrected chi connectivity index (χ2v) is 6.20. The average Bonchev–Trinajstić information content (AvgIpc) is 2.60. The van der Waals surface area contributed by atoms with Gasteiger partial charge in [-0.15, -0.1) is 0 Å². The fourth-order valence-corrected chi connectivity index (χ4v) is 2.75. The highest BCUT2D eigenvalue weighted by atomic mass is 16.5. The van der Waals surface area contributed by atoms with E-state index in [1.807, 2.05) is 30.3 Å². The second kappa shape index (κ2) is 9.39. The lowest BCUT2D eigenvalue weighted by molar-refractivity contribution is -0.145. The van der Waals surface area contributed by atoms with Crippen LogP contribution in [-0.2, 0) is 20.7 Å². The lowest BCUT2D eigenvalue weighted by Gasteiger charge is -2.29. The molecule has 1 aliphatic heterocycles. The lowest BCUT2D eigenvalue weighted by atomic mass is 9.96. The lowest BCUT2D eigenvalue weighted by Crippen LogP contribution is -2.42. The smallest absolute Gasteiger partial charge is 0.307 e. The van der Waals surface area contributed by atoms with Crippen LogP contribution in [0.25, 0.3) is 0 Å². The van der Waals surface area contributed by atoms with E-state index in [1.165, 1.54) is 0 Å². The van der Waals surface area contributed by atoms with Crippen LogP contribution in [0, 0.1) is 5.92 Å². The number of likely N-dealkylation sites (N-methyl/N-ethyl adjacent to an activating group) is 1. The summed E-state index contributed by atoms with van der Waals surface area (Å²) < 4.78 is 5.30. The first-order chi connectivity index (χ1) is 11.6. The summed E-state index contributed by atoms with van der Waals surface area (Å²) in [5.41, 5.74) is 0.939. The van der Waals surface area contributed by atoms with Crippen molar-refractivity contribution in [3.05, 3.63) is 35.9 Å². The molecule has 0 radical (unpaired) electrons. The van der Waals surface area contributed by atoms with Gasteiger partial charge in [0.2, 0.25) is 5.91 Å². The fourth-order valence-electron chi connectivity index (χ4n) is 2.75. The van der Waals surface area contributed by atoms with Crippen LogP contribution in [0.3, 0.4) is 0 Å². The Morgan fingerprint density at radius 3 is 2.54 bits per heavy atom. The maximum atomic E-state index is 12.3. The number of benzene rings is 1. The molecule has 0 aliphatic carbocycles. The fraction of sp³-hybridized carbons (Fsp3) is 0.556. The van der Waals surface area contributed by atoms with Gasteiger partial charge in [0, 0.05) is 39.6 Å². The van der Waals surface area contributed by atoms with E-state index in [0.717, 1.165) is 38.4 Å². The summed E-state index contributed by atoms with van der Waals surface area (Å²) in [5, 5.41) is 9.41. The molecule has 6 nitrogen and oxygen atoms in total. The number of carbonyl (C=O) groups excluding carboxylic acids is 1. The van der Waals surface area contributed by atoms with Crippen LogP contribution in [0.2, 0.25) is 0 Å². The van der Waals surface area contributed by atoms with E-state index < -0.39 is 11.9 Å².